The Morgan fingerprint density at radius 1 is 1.52 bits per heavy atom. The van der Waals surface area contributed by atoms with Crippen LogP contribution < -0.4 is 16.0 Å². The first-order chi connectivity index (χ1) is 9.86. The number of nitrogens with two attached hydrogens (primary N) is 1. The molecule has 0 aliphatic heterocycles. The van der Waals surface area contributed by atoms with Crippen LogP contribution in [0.5, 0.6) is 0 Å². The number of carbonyl (C=O) groups is 1. The Labute approximate surface area is 123 Å². The molecule has 1 aromatic heterocycles. The van der Waals surface area contributed by atoms with Crippen molar-refractivity contribution in [1.82, 2.24) is 4.98 Å². The van der Waals surface area contributed by atoms with Crippen LogP contribution in [0.25, 0.3) is 0 Å². The first-order valence-electron chi connectivity index (χ1n) is 6.81. The molecule has 0 saturated heterocycles. The lowest BCUT2D eigenvalue weighted by atomic mass is 10.2. The SMILES string of the molecule is CCCNc1ccc([N+](=O)[O-])c(N(CC(N)=O)C(C)C)n1. The van der Waals surface area contributed by atoms with E-state index in [0.29, 0.717) is 12.4 Å². The van der Waals surface area contributed by atoms with Crippen molar-refractivity contribution in [2.75, 3.05) is 23.3 Å². The third-order valence-corrected chi connectivity index (χ3v) is 2.83. The molecule has 21 heavy (non-hydrogen) atoms. The van der Waals surface area contributed by atoms with E-state index in [1.807, 2.05) is 20.8 Å². The minimum absolute atomic E-state index is 0.122. The van der Waals surface area contributed by atoms with E-state index in [1.54, 1.807) is 6.07 Å². The van der Waals surface area contributed by atoms with Crippen LogP contribution in [0.1, 0.15) is 27.2 Å². The lowest BCUT2D eigenvalue weighted by molar-refractivity contribution is -0.384. The highest BCUT2D eigenvalue weighted by Crippen LogP contribution is 2.28. The number of rotatable bonds is 8. The summed E-state index contributed by atoms with van der Waals surface area (Å²) in [6.07, 6.45) is 0.906. The van der Waals surface area contributed by atoms with Gasteiger partial charge in [0.05, 0.1) is 11.5 Å². The Morgan fingerprint density at radius 3 is 2.67 bits per heavy atom. The molecule has 0 aliphatic carbocycles. The fraction of sp³-hybridized carbons (Fsp3) is 0.538. The number of pyridine rings is 1. The zero-order valence-corrected chi connectivity index (χ0v) is 12.5. The molecule has 0 aromatic carbocycles. The van der Waals surface area contributed by atoms with Crippen molar-refractivity contribution in [2.45, 2.75) is 33.2 Å². The number of nitro groups is 1. The Bertz CT molecular complexity index is 519. The number of anilines is 2. The average molecular weight is 295 g/mol. The molecule has 1 amide bonds. The van der Waals surface area contributed by atoms with E-state index < -0.39 is 10.8 Å². The standard InChI is InChI=1S/C13H21N5O3/c1-4-7-15-12-6-5-10(18(20)21)13(16-12)17(9(2)3)8-11(14)19/h5-6,9H,4,7-8H2,1-3H3,(H2,14,19)(H,15,16). The fourth-order valence-electron chi connectivity index (χ4n) is 1.82. The number of aromatic nitrogens is 1. The minimum Gasteiger partial charge on any atom is -0.370 e. The maximum atomic E-state index is 11.2. The van der Waals surface area contributed by atoms with Crippen LogP contribution >= 0.6 is 0 Å². The summed E-state index contributed by atoms with van der Waals surface area (Å²) in [5.74, 6) is 0.120. The first-order valence-corrected chi connectivity index (χ1v) is 6.81. The highest BCUT2D eigenvalue weighted by atomic mass is 16.6. The molecule has 8 heteroatoms. The van der Waals surface area contributed by atoms with Gasteiger partial charge in [0, 0.05) is 18.7 Å². The van der Waals surface area contributed by atoms with Gasteiger partial charge in [0.15, 0.2) is 0 Å². The van der Waals surface area contributed by atoms with Gasteiger partial charge < -0.3 is 16.0 Å². The molecule has 3 N–H and O–H groups in total. The van der Waals surface area contributed by atoms with Crippen LogP contribution in [0.4, 0.5) is 17.3 Å². The number of nitrogens with one attached hydrogen (secondary N) is 1. The molecule has 0 radical (unpaired) electrons. The molecule has 1 rings (SSSR count). The number of nitrogens with zero attached hydrogens (tertiary/aromatic N) is 3. The van der Waals surface area contributed by atoms with Crippen LogP contribution in [0.2, 0.25) is 0 Å². The van der Waals surface area contributed by atoms with Gasteiger partial charge in [0.25, 0.3) is 0 Å². The predicted molar refractivity (Wildman–Crippen MR) is 81.3 cm³/mol. The molecule has 8 nitrogen and oxygen atoms in total. The smallest absolute Gasteiger partial charge is 0.311 e. The molecular weight excluding hydrogens is 274 g/mol. The molecule has 0 atom stereocenters. The summed E-state index contributed by atoms with van der Waals surface area (Å²) in [6.45, 7) is 6.23. The number of hydrogen-bond donors (Lipinski definition) is 2. The van der Waals surface area contributed by atoms with Gasteiger partial charge in [-0.2, -0.15) is 0 Å². The minimum atomic E-state index is -0.563. The summed E-state index contributed by atoms with van der Waals surface area (Å²) in [6, 6.07) is 2.79. The molecule has 0 aliphatic rings. The van der Waals surface area contributed by atoms with Crippen LogP contribution in [0.3, 0.4) is 0 Å². The Balaban J connectivity index is 3.24. The largest absolute Gasteiger partial charge is 0.370 e. The van der Waals surface area contributed by atoms with E-state index in [-0.39, 0.29) is 24.1 Å². The van der Waals surface area contributed by atoms with Crippen LogP contribution in [-0.4, -0.2) is 34.9 Å². The summed E-state index contributed by atoms with van der Waals surface area (Å²) >= 11 is 0. The van der Waals surface area contributed by atoms with Crippen molar-refractivity contribution in [3.05, 3.63) is 22.2 Å². The lowest BCUT2D eigenvalue weighted by Crippen LogP contribution is -2.39. The second-order valence-corrected chi connectivity index (χ2v) is 4.91. The van der Waals surface area contributed by atoms with E-state index in [0.717, 1.165) is 6.42 Å². The molecular formula is C13H21N5O3. The zero-order chi connectivity index (χ0) is 16.0. The summed E-state index contributed by atoms with van der Waals surface area (Å²) in [7, 11) is 0. The summed E-state index contributed by atoms with van der Waals surface area (Å²) in [5.41, 5.74) is 5.07. The van der Waals surface area contributed by atoms with Crippen molar-refractivity contribution >= 4 is 23.2 Å². The van der Waals surface area contributed by atoms with Crippen LogP contribution in [0.15, 0.2) is 12.1 Å². The van der Waals surface area contributed by atoms with E-state index in [1.165, 1.54) is 11.0 Å². The molecule has 0 unspecified atom stereocenters. The van der Waals surface area contributed by atoms with Crippen LogP contribution in [0, 0.1) is 10.1 Å². The second-order valence-electron chi connectivity index (χ2n) is 4.91. The van der Waals surface area contributed by atoms with Crippen molar-refractivity contribution < 1.29 is 9.72 Å². The van der Waals surface area contributed by atoms with E-state index >= 15 is 0 Å². The van der Waals surface area contributed by atoms with E-state index in [9.17, 15) is 14.9 Å². The topological polar surface area (TPSA) is 114 Å². The fourth-order valence-corrected chi connectivity index (χ4v) is 1.82. The van der Waals surface area contributed by atoms with Crippen molar-refractivity contribution in [3.8, 4) is 0 Å². The zero-order valence-electron chi connectivity index (χ0n) is 12.5. The van der Waals surface area contributed by atoms with Gasteiger partial charge in [-0.15, -0.1) is 0 Å². The molecule has 0 saturated carbocycles. The van der Waals surface area contributed by atoms with Gasteiger partial charge in [-0.05, 0) is 26.3 Å². The Morgan fingerprint density at radius 2 is 2.19 bits per heavy atom. The molecule has 1 heterocycles. The number of amides is 1. The van der Waals surface area contributed by atoms with Gasteiger partial charge in [-0.25, -0.2) is 4.98 Å². The van der Waals surface area contributed by atoms with Gasteiger partial charge in [-0.3, -0.25) is 14.9 Å². The predicted octanol–water partition coefficient (Wildman–Crippen LogP) is 1.51. The average Bonchev–Trinajstić information content (AvgIpc) is 2.41. The number of hydrogen-bond acceptors (Lipinski definition) is 6. The molecule has 0 fully saturated rings. The molecule has 116 valence electrons. The maximum absolute atomic E-state index is 11.2. The summed E-state index contributed by atoms with van der Waals surface area (Å²) in [5, 5.41) is 14.2. The third kappa shape index (κ3) is 4.59. The Kier molecular flexibility index (Phi) is 5.89. The van der Waals surface area contributed by atoms with Crippen molar-refractivity contribution in [2.24, 2.45) is 5.73 Å². The lowest BCUT2D eigenvalue weighted by Gasteiger charge is -2.26. The molecule has 0 bridgehead atoms. The van der Waals surface area contributed by atoms with E-state index in [4.69, 9.17) is 5.73 Å². The van der Waals surface area contributed by atoms with Gasteiger partial charge >= 0.3 is 5.69 Å². The summed E-state index contributed by atoms with van der Waals surface area (Å²) in [4.78, 5) is 27.6. The van der Waals surface area contributed by atoms with Gasteiger partial charge in [0.2, 0.25) is 11.7 Å². The summed E-state index contributed by atoms with van der Waals surface area (Å²) < 4.78 is 0. The number of carbonyl (C=O) groups excluding carboxylic acids is 1. The quantitative estimate of drug-likeness (QED) is 0.555. The van der Waals surface area contributed by atoms with Crippen molar-refractivity contribution in [3.63, 3.8) is 0 Å². The number of primary amides is 1. The Hall–Kier alpha value is -2.38. The molecule has 0 spiro atoms. The monoisotopic (exact) mass is 295 g/mol. The van der Waals surface area contributed by atoms with Gasteiger partial charge in [0.1, 0.15) is 5.82 Å². The van der Waals surface area contributed by atoms with Crippen LogP contribution in [-0.2, 0) is 4.79 Å². The van der Waals surface area contributed by atoms with Crippen molar-refractivity contribution in [1.29, 1.82) is 0 Å². The van der Waals surface area contributed by atoms with E-state index in [2.05, 4.69) is 10.3 Å². The highest BCUT2D eigenvalue weighted by Gasteiger charge is 2.25. The third-order valence-electron chi connectivity index (χ3n) is 2.83. The normalized spacial score (nSPS) is 10.5. The molecule has 1 aromatic rings. The highest BCUT2D eigenvalue weighted by molar-refractivity contribution is 5.80. The second kappa shape index (κ2) is 7.41. The maximum Gasteiger partial charge on any atom is 0.311 e. The first kappa shape index (κ1) is 16.7. The van der Waals surface area contributed by atoms with Gasteiger partial charge in [-0.1, -0.05) is 6.92 Å².